The van der Waals surface area contributed by atoms with Crippen LogP contribution in [-0.2, 0) is 14.8 Å². The van der Waals surface area contributed by atoms with E-state index in [9.17, 15) is 13.2 Å². The third kappa shape index (κ3) is 2.24. The maximum Gasteiger partial charge on any atom is 0.259 e. The number of carbonyl (C=O) groups is 1. The molecule has 0 N–H and O–H groups in total. The Hall–Kier alpha value is -1.82. The first-order chi connectivity index (χ1) is 13.3. The topological polar surface area (TPSA) is 57.7 Å². The largest absolute Gasteiger partial charge is 0.355 e. The molecule has 2 aliphatic heterocycles. The first kappa shape index (κ1) is 18.2. The maximum absolute atomic E-state index is 13.7. The van der Waals surface area contributed by atoms with Gasteiger partial charge >= 0.3 is 0 Å². The van der Waals surface area contributed by atoms with Crippen molar-refractivity contribution in [3.8, 4) is 0 Å². The predicted octanol–water partition coefficient (Wildman–Crippen LogP) is 3.19. The van der Waals surface area contributed by atoms with E-state index >= 15 is 0 Å². The second-order valence-corrected chi connectivity index (χ2v) is 11.3. The van der Waals surface area contributed by atoms with E-state index in [0.29, 0.717) is 18.9 Å². The van der Waals surface area contributed by atoms with Gasteiger partial charge in [-0.15, -0.1) is 0 Å². The number of anilines is 1. The van der Waals surface area contributed by atoms with Crippen molar-refractivity contribution in [2.45, 2.75) is 51.6 Å². The Balaban J connectivity index is 1.52. The Bertz CT molecular complexity index is 940. The molecule has 0 aromatic heterocycles. The van der Waals surface area contributed by atoms with Crippen molar-refractivity contribution in [1.82, 2.24) is 4.31 Å². The Labute approximate surface area is 167 Å². The number of nitrogens with zero attached hydrogens (tertiary/aromatic N) is 2. The highest BCUT2D eigenvalue weighted by atomic mass is 32.2. The highest BCUT2D eigenvalue weighted by Crippen LogP contribution is 2.70. The lowest BCUT2D eigenvalue weighted by molar-refractivity contribution is -0.130. The number of benzene rings is 1. The van der Waals surface area contributed by atoms with Crippen LogP contribution in [0.5, 0.6) is 0 Å². The minimum absolute atomic E-state index is 0.0225. The highest BCUT2D eigenvalue weighted by Gasteiger charge is 2.72. The molecule has 2 saturated carbocycles. The van der Waals surface area contributed by atoms with Gasteiger partial charge in [0.1, 0.15) is 6.04 Å². The molecule has 1 aromatic carbocycles. The van der Waals surface area contributed by atoms with Gasteiger partial charge in [-0.25, -0.2) is 12.7 Å². The van der Waals surface area contributed by atoms with Gasteiger partial charge in [-0.2, -0.15) is 0 Å². The maximum atomic E-state index is 13.7. The van der Waals surface area contributed by atoms with Crippen molar-refractivity contribution < 1.29 is 13.2 Å². The van der Waals surface area contributed by atoms with Crippen molar-refractivity contribution in [3.63, 3.8) is 0 Å². The molecular weight excluding hydrogens is 372 g/mol. The van der Waals surface area contributed by atoms with Crippen LogP contribution in [0.2, 0.25) is 0 Å². The average molecular weight is 401 g/mol. The lowest BCUT2D eigenvalue weighted by Gasteiger charge is -2.39. The van der Waals surface area contributed by atoms with Crippen molar-refractivity contribution in [1.29, 1.82) is 0 Å². The molecule has 1 aromatic rings. The first-order valence-electron chi connectivity index (χ1n) is 10.3. The standard InChI is InChI=1S/C22H28N2O3S/c1-21(2)16-11-12-22(21)15-28(26,27)24(19(22)14-16)20(25)18-10-6-7-13-23(18)17-8-4-3-5-9-17/h3-9,16,18-19H,10-15H2,1-2H3/t16-,18+,19-,22-/m1/s1. The van der Waals surface area contributed by atoms with Gasteiger partial charge in [0, 0.05) is 17.6 Å². The van der Waals surface area contributed by atoms with Crippen LogP contribution >= 0.6 is 0 Å². The molecule has 5 rings (SSSR count). The number of para-hydroxylation sites is 1. The van der Waals surface area contributed by atoms with Crippen LogP contribution in [0.3, 0.4) is 0 Å². The molecule has 150 valence electrons. The van der Waals surface area contributed by atoms with Crippen molar-refractivity contribution >= 4 is 21.6 Å². The smallest absolute Gasteiger partial charge is 0.259 e. The summed E-state index contributed by atoms with van der Waals surface area (Å²) < 4.78 is 27.8. The van der Waals surface area contributed by atoms with Gasteiger partial charge in [-0.1, -0.05) is 44.2 Å². The van der Waals surface area contributed by atoms with E-state index in [2.05, 4.69) is 19.9 Å². The summed E-state index contributed by atoms with van der Waals surface area (Å²) in [7, 11) is -3.58. The van der Waals surface area contributed by atoms with Crippen LogP contribution < -0.4 is 4.90 Å². The van der Waals surface area contributed by atoms with E-state index < -0.39 is 16.1 Å². The molecule has 6 heteroatoms. The lowest BCUT2D eigenvalue weighted by Crippen LogP contribution is -2.53. The van der Waals surface area contributed by atoms with E-state index in [4.69, 9.17) is 0 Å². The molecule has 1 amide bonds. The molecule has 2 heterocycles. The zero-order valence-corrected chi connectivity index (χ0v) is 17.4. The van der Waals surface area contributed by atoms with Gasteiger partial charge in [-0.05, 0) is 49.1 Å². The van der Waals surface area contributed by atoms with Crippen LogP contribution in [0.4, 0.5) is 5.69 Å². The molecule has 28 heavy (non-hydrogen) atoms. The minimum Gasteiger partial charge on any atom is -0.355 e. The highest BCUT2D eigenvalue weighted by molar-refractivity contribution is 7.90. The lowest BCUT2D eigenvalue weighted by atomic mass is 9.69. The molecule has 1 saturated heterocycles. The SMILES string of the molecule is CC1(C)[C@@H]2CC[C@]13CS(=O)(=O)N(C(=O)[C@@H]1CC=CCN1c1ccccc1)[C@@H]3C2. The number of amides is 1. The van der Waals surface area contributed by atoms with E-state index in [1.165, 1.54) is 4.31 Å². The van der Waals surface area contributed by atoms with Crippen LogP contribution in [0, 0.1) is 16.7 Å². The Morgan fingerprint density at radius 2 is 1.89 bits per heavy atom. The minimum atomic E-state index is -3.58. The first-order valence-corrected chi connectivity index (χ1v) is 11.9. The third-order valence-electron chi connectivity index (χ3n) is 8.21. The van der Waals surface area contributed by atoms with Crippen molar-refractivity contribution in [2.24, 2.45) is 16.7 Å². The fourth-order valence-corrected chi connectivity index (χ4v) is 9.10. The van der Waals surface area contributed by atoms with E-state index in [0.717, 1.165) is 24.9 Å². The van der Waals surface area contributed by atoms with Crippen LogP contribution in [0.25, 0.3) is 0 Å². The Morgan fingerprint density at radius 3 is 2.61 bits per heavy atom. The molecule has 3 fully saturated rings. The Kier molecular flexibility index (Phi) is 3.81. The van der Waals surface area contributed by atoms with Gasteiger partial charge in [0.25, 0.3) is 5.91 Å². The molecule has 0 unspecified atom stereocenters. The normalized spacial score (nSPS) is 37.3. The van der Waals surface area contributed by atoms with Gasteiger partial charge in [0.15, 0.2) is 0 Å². The number of rotatable bonds is 2. The predicted molar refractivity (Wildman–Crippen MR) is 109 cm³/mol. The molecule has 4 aliphatic rings. The quantitative estimate of drug-likeness (QED) is 0.716. The summed E-state index contributed by atoms with van der Waals surface area (Å²) in [6.07, 6.45) is 7.44. The van der Waals surface area contributed by atoms with Gasteiger partial charge in [0.05, 0.1) is 11.8 Å². The summed E-state index contributed by atoms with van der Waals surface area (Å²) in [5.74, 6) is 0.409. The monoisotopic (exact) mass is 400 g/mol. The van der Waals surface area contributed by atoms with Crippen LogP contribution in [0.15, 0.2) is 42.5 Å². The number of fused-ring (bicyclic) bond motifs is 1. The van der Waals surface area contributed by atoms with Gasteiger partial charge in [-0.3, -0.25) is 4.79 Å². The molecule has 0 radical (unpaired) electrons. The molecule has 5 nitrogen and oxygen atoms in total. The van der Waals surface area contributed by atoms with Crippen LogP contribution in [-0.4, -0.2) is 43.0 Å². The fourth-order valence-electron chi connectivity index (χ4n) is 6.53. The van der Waals surface area contributed by atoms with Crippen molar-refractivity contribution in [2.75, 3.05) is 17.2 Å². The van der Waals surface area contributed by atoms with Gasteiger partial charge < -0.3 is 4.90 Å². The Morgan fingerprint density at radius 1 is 1.14 bits per heavy atom. The second-order valence-electron chi connectivity index (χ2n) is 9.47. The molecule has 2 bridgehead atoms. The van der Waals surface area contributed by atoms with E-state index in [-0.39, 0.29) is 28.5 Å². The van der Waals surface area contributed by atoms with E-state index in [1.807, 2.05) is 41.3 Å². The average Bonchev–Trinajstić information content (AvgIpc) is 3.16. The number of carbonyl (C=O) groups excluding carboxylic acids is 1. The number of sulfonamides is 1. The van der Waals surface area contributed by atoms with E-state index in [1.54, 1.807) is 0 Å². The summed E-state index contributed by atoms with van der Waals surface area (Å²) >= 11 is 0. The van der Waals surface area contributed by atoms with Crippen LogP contribution in [0.1, 0.15) is 39.5 Å². The van der Waals surface area contributed by atoms with Crippen molar-refractivity contribution in [3.05, 3.63) is 42.5 Å². The summed E-state index contributed by atoms with van der Waals surface area (Å²) in [4.78, 5) is 15.7. The molecule has 2 aliphatic carbocycles. The molecular formula is C22H28N2O3S. The fraction of sp³-hybridized carbons (Fsp3) is 0.591. The number of hydrogen-bond donors (Lipinski definition) is 0. The summed E-state index contributed by atoms with van der Waals surface area (Å²) in [5.41, 5.74) is 0.671. The summed E-state index contributed by atoms with van der Waals surface area (Å²) in [6.45, 7) is 5.06. The zero-order valence-electron chi connectivity index (χ0n) is 16.5. The third-order valence-corrected chi connectivity index (χ3v) is 10.1. The second kappa shape index (κ2) is 5.85. The molecule has 4 atom stereocenters. The number of hydrogen-bond acceptors (Lipinski definition) is 4. The zero-order chi connectivity index (χ0) is 19.7. The van der Waals surface area contributed by atoms with Gasteiger partial charge in [0.2, 0.25) is 10.0 Å². The molecule has 1 spiro atoms. The summed E-state index contributed by atoms with van der Waals surface area (Å²) in [5, 5.41) is 0. The summed E-state index contributed by atoms with van der Waals surface area (Å²) in [6, 6.07) is 9.21.